The summed E-state index contributed by atoms with van der Waals surface area (Å²) in [7, 11) is 1.67. The van der Waals surface area contributed by atoms with Crippen LogP contribution in [-0.2, 0) is 23.7 Å². The fourth-order valence-corrected chi connectivity index (χ4v) is 4.94. The van der Waals surface area contributed by atoms with E-state index in [0.717, 1.165) is 38.5 Å². The topological polar surface area (TPSA) is 134 Å². The summed E-state index contributed by atoms with van der Waals surface area (Å²) in [6.45, 7) is 5.90. The Morgan fingerprint density at radius 2 is 1.85 bits per heavy atom. The Morgan fingerprint density at radius 3 is 2.47 bits per heavy atom. The number of hydrogen-bond donors (Lipinski definition) is 4. The third-order valence-electron chi connectivity index (χ3n) is 6.89. The van der Waals surface area contributed by atoms with Gasteiger partial charge in [-0.25, -0.2) is 4.79 Å². The third kappa shape index (κ3) is 7.64. The second-order valence-electron chi connectivity index (χ2n) is 9.74. The summed E-state index contributed by atoms with van der Waals surface area (Å²) < 4.78 is 23.5. The number of unbranched alkanes of at least 4 members (excludes halogenated alkanes) is 3. The lowest BCUT2D eigenvalue weighted by atomic mass is 9.73. The Morgan fingerprint density at radius 1 is 1.15 bits per heavy atom. The largest absolute Gasteiger partial charge is 0.443 e. The van der Waals surface area contributed by atoms with E-state index in [9.17, 15) is 9.59 Å². The van der Waals surface area contributed by atoms with E-state index in [1.54, 1.807) is 7.11 Å². The minimum Gasteiger partial charge on any atom is -0.443 e. The molecule has 194 valence electrons. The molecule has 6 atom stereocenters. The number of amides is 2. The smallest absolute Gasteiger partial charge is 0.407 e. The van der Waals surface area contributed by atoms with Crippen LogP contribution in [0.25, 0.3) is 0 Å². The number of epoxide rings is 2. The highest BCUT2D eigenvalue weighted by Crippen LogP contribution is 2.54. The summed E-state index contributed by atoms with van der Waals surface area (Å²) in [6, 6.07) is 0. The number of nitrogens with one attached hydrogen (secondary N) is 3. The SMILES string of the molecule is COC1C(OC(=O)NCCCCCCNC(=O)CNO)CC[C@]2(CO2)C1[C@H]1O[C@@H]1CC=C(C)C. The number of carbonyl (C=O) groups excluding carboxylic acids is 2. The zero-order valence-corrected chi connectivity index (χ0v) is 20.6. The van der Waals surface area contributed by atoms with Crippen LogP contribution in [0.1, 0.15) is 58.8 Å². The Bertz CT molecular complexity index is 709. The van der Waals surface area contributed by atoms with Crippen molar-refractivity contribution in [1.29, 1.82) is 0 Å². The lowest BCUT2D eigenvalue weighted by Crippen LogP contribution is -2.53. The highest BCUT2D eigenvalue weighted by molar-refractivity contribution is 5.77. The van der Waals surface area contributed by atoms with Crippen LogP contribution in [0.3, 0.4) is 0 Å². The van der Waals surface area contributed by atoms with Crippen molar-refractivity contribution in [3.8, 4) is 0 Å². The second-order valence-corrected chi connectivity index (χ2v) is 9.74. The maximum absolute atomic E-state index is 12.4. The molecule has 1 spiro atoms. The van der Waals surface area contributed by atoms with Gasteiger partial charge in [-0.2, -0.15) is 5.48 Å². The zero-order valence-electron chi connectivity index (χ0n) is 20.6. The van der Waals surface area contributed by atoms with Crippen molar-refractivity contribution in [3.05, 3.63) is 11.6 Å². The molecular formula is C24H41N3O7. The zero-order chi connectivity index (χ0) is 24.6. The maximum atomic E-state index is 12.4. The molecule has 1 aliphatic carbocycles. The molecule has 3 aliphatic rings. The molecule has 10 nitrogen and oxygen atoms in total. The van der Waals surface area contributed by atoms with Gasteiger partial charge in [0.05, 0.1) is 31.0 Å². The predicted molar refractivity (Wildman–Crippen MR) is 124 cm³/mol. The first kappa shape index (κ1) is 26.9. The van der Waals surface area contributed by atoms with Crippen molar-refractivity contribution >= 4 is 12.0 Å². The monoisotopic (exact) mass is 483 g/mol. The number of alkyl carbamates (subject to hydrolysis) is 1. The van der Waals surface area contributed by atoms with Gasteiger partial charge in [0.15, 0.2) is 0 Å². The van der Waals surface area contributed by atoms with Crippen molar-refractivity contribution in [1.82, 2.24) is 16.1 Å². The number of ether oxygens (including phenoxy) is 4. The quantitative estimate of drug-likeness (QED) is 0.128. The van der Waals surface area contributed by atoms with Crippen LogP contribution in [0.4, 0.5) is 4.79 Å². The first-order valence-electron chi connectivity index (χ1n) is 12.4. The maximum Gasteiger partial charge on any atom is 0.407 e. The van der Waals surface area contributed by atoms with E-state index >= 15 is 0 Å². The van der Waals surface area contributed by atoms with E-state index in [4.69, 9.17) is 24.2 Å². The highest BCUT2D eigenvalue weighted by Gasteiger charge is 2.66. The Balaban J connectivity index is 1.36. The lowest BCUT2D eigenvalue weighted by Gasteiger charge is -2.40. The molecule has 0 radical (unpaired) electrons. The molecule has 3 rings (SSSR count). The average molecular weight is 484 g/mol. The number of rotatable bonds is 14. The molecule has 2 saturated heterocycles. The van der Waals surface area contributed by atoms with E-state index in [1.165, 1.54) is 5.57 Å². The number of hydrogen-bond acceptors (Lipinski definition) is 8. The summed E-state index contributed by atoms with van der Waals surface area (Å²) in [6.07, 6.45) is 7.45. The Hall–Kier alpha value is -1.72. The Kier molecular flexibility index (Phi) is 10.1. The van der Waals surface area contributed by atoms with Crippen molar-refractivity contribution in [2.75, 3.05) is 33.4 Å². The van der Waals surface area contributed by atoms with Crippen LogP contribution in [0.5, 0.6) is 0 Å². The molecule has 3 fully saturated rings. The van der Waals surface area contributed by atoms with Crippen LogP contribution in [0.15, 0.2) is 11.6 Å². The summed E-state index contributed by atoms with van der Waals surface area (Å²) in [4.78, 5) is 23.6. The van der Waals surface area contributed by atoms with Crippen LogP contribution < -0.4 is 16.1 Å². The molecule has 0 aromatic rings. The first-order chi connectivity index (χ1) is 16.4. The van der Waals surface area contributed by atoms with Crippen molar-refractivity contribution in [2.45, 2.75) is 88.8 Å². The van der Waals surface area contributed by atoms with E-state index in [0.29, 0.717) is 26.1 Å². The molecule has 10 heteroatoms. The predicted octanol–water partition coefficient (Wildman–Crippen LogP) is 2.05. The standard InChI is InChI=1S/C24H41N3O7/c1-16(2)8-9-17-22(33-17)20-21(31-3)18(10-11-24(20)15-32-24)34-23(29)26-13-7-5-4-6-12-25-19(28)14-27-30/h8,17-18,20-22,27,30H,4-7,9-15H2,1-3H3,(H,25,28)(H,26,29)/t17-,18?,20?,21?,22+,24+/m1/s1. The molecule has 2 amide bonds. The van der Waals surface area contributed by atoms with E-state index in [2.05, 4.69) is 30.6 Å². The van der Waals surface area contributed by atoms with Crippen molar-refractivity contribution < 1.29 is 33.7 Å². The van der Waals surface area contributed by atoms with Crippen LogP contribution in [0.2, 0.25) is 0 Å². The molecule has 2 heterocycles. The van der Waals surface area contributed by atoms with Gasteiger partial charge in [-0.05, 0) is 46.0 Å². The lowest BCUT2D eigenvalue weighted by molar-refractivity contribution is -0.121. The number of allylic oxidation sites excluding steroid dienone is 1. The van der Waals surface area contributed by atoms with Crippen LogP contribution in [0, 0.1) is 5.92 Å². The first-order valence-corrected chi connectivity index (χ1v) is 12.4. The molecule has 0 aromatic heterocycles. The fourth-order valence-electron chi connectivity index (χ4n) is 4.94. The molecule has 2 aliphatic heterocycles. The molecule has 0 aromatic carbocycles. The molecule has 0 bridgehead atoms. The number of hydroxylamine groups is 1. The van der Waals surface area contributed by atoms with Gasteiger partial charge in [0.1, 0.15) is 12.2 Å². The van der Waals surface area contributed by atoms with Crippen molar-refractivity contribution in [3.63, 3.8) is 0 Å². The third-order valence-corrected chi connectivity index (χ3v) is 6.89. The molecule has 34 heavy (non-hydrogen) atoms. The summed E-state index contributed by atoms with van der Waals surface area (Å²) in [5, 5.41) is 14.0. The van der Waals surface area contributed by atoms with Gasteiger partial charge in [0.25, 0.3) is 0 Å². The molecular weight excluding hydrogens is 442 g/mol. The van der Waals surface area contributed by atoms with E-state index < -0.39 is 6.09 Å². The summed E-state index contributed by atoms with van der Waals surface area (Å²) >= 11 is 0. The Labute approximate surface area is 202 Å². The van der Waals surface area contributed by atoms with Crippen molar-refractivity contribution in [2.24, 2.45) is 5.92 Å². The number of carbonyl (C=O) groups is 2. The van der Waals surface area contributed by atoms with Gasteiger partial charge in [0.2, 0.25) is 5.91 Å². The molecule has 3 unspecified atom stereocenters. The highest BCUT2D eigenvalue weighted by atomic mass is 16.6. The fraction of sp³-hybridized carbons (Fsp3) is 0.833. The van der Waals surface area contributed by atoms with Gasteiger partial charge in [-0.3, -0.25) is 4.79 Å². The number of methoxy groups -OCH3 is 1. The van der Waals surface area contributed by atoms with E-state index in [1.807, 2.05) is 5.48 Å². The van der Waals surface area contributed by atoms with Gasteiger partial charge >= 0.3 is 6.09 Å². The van der Waals surface area contributed by atoms with Gasteiger partial charge < -0.3 is 34.8 Å². The normalized spacial score (nSPS) is 31.6. The van der Waals surface area contributed by atoms with Crippen LogP contribution in [-0.4, -0.2) is 80.6 Å². The minimum absolute atomic E-state index is 0.0632. The van der Waals surface area contributed by atoms with Gasteiger partial charge in [-0.15, -0.1) is 0 Å². The average Bonchev–Trinajstić information content (AvgIpc) is 3.72. The van der Waals surface area contributed by atoms with E-state index in [-0.39, 0.29) is 48.4 Å². The molecule has 1 saturated carbocycles. The van der Waals surface area contributed by atoms with Crippen LogP contribution >= 0.6 is 0 Å². The molecule has 4 N–H and O–H groups in total. The minimum atomic E-state index is -0.417. The van der Waals surface area contributed by atoms with Gasteiger partial charge in [-0.1, -0.05) is 24.5 Å². The summed E-state index contributed by atoms with van der Waals surface area (Å²) in [5.74, 6) is -0.171. The summed E-state index contributed by atoms with van der Waals surface area (Å²) in [5.41, 5.74) is 2.90. The van der Waals surface area contributed by atoms with Gasteiger partial charge in [0, 0.05) is 26.1 Å². The second kappa shape index (κ2) is 12.8.